The van der Waals surface area contributed by atoms with Crippen molar-refractivity contribution in [1.29, 1.82) is 0 Å². The lowest BCUT2D eigenvalue weighted by Crippen LogP contribution is -2.46. The van der Waals surface area contributed by atoms with Crippen molar-refractivity contribution in [3.8, 4) is 0 Å². The Bertz CT molecular complexity index is 851. The number of anilines is 1. The number of fused-ring (bicyclic) bond motifs is 3. The summed E-state index contributed by atoms with van der Waals surface area (Å²) in [7, 11) is 0. The topological polar surface area (TPSA) is 50.2 Å². The number of nitrogens with one attached hydrogen (secondary N) is 1. The van der Waals surface area contributed by atoms with Crippen molar-refractivity contribution in [3.63, 3.8) is 0 Å². The molecular formula is C21H26N4O. The quantitative estimate of drug-likeness (QED) is 0.897. The fourth-order valence-corrected chi connectivity index (χ4v) is 5.05. The number of aromatic nitrogens is 2. The van der Waals surface area contributed by atoms with Gasteiger partial charge in [0.1, 0.15) is 5.82 Å². The largest absolute Gasteiger partial charge is 0.337 e. The molecule has 1 unspecified atom stereocenters. The van der Waals surface area contributed by atoms with Crippen LogP contribution in [0.5, 0.6) is 0 Å². The molecule has 5 rings (SSSR count). The van der Waals surface area contributed by atoms with Crippen molar-refractivity contribution in [2.75, 3.05) is 18.0 Å². The van der Waals surface area contributed by atoms with Crippen molar-refractivity contribution in [3.05, 3.63) is 47.5 Å². The van der Waals surface area contributed by atoms with Crippen molar-refractivity contribution in [2.45, 2.75) is 56.9 Å². The average molecular weight is 350 g/mol. The number of carbonyl (C=O) groups excluding carboxylic acids is 1. The summed E-state index contributed by atoms with van der Waals surface area (Å²) >= 11 is 0. The monoisotopic (exact) mass is 350 g/mol. The average Bonchev–Trinajstić information content (AvgIpc) is 3.17. The number of carbonyl (C=O) groups is 1. The third-order valence-corrected chi connectivity index (χ3v) is 6.53. The predicted molar refractivity (Wildman–Crippen MR) is 102 cm³/mol. The first kappa shape index (κ1) is 15.9. The fourth-order valence-electron chi connectivity index (χ4n) is 5.05. The summed E-state index contributed by atoms with van der Waals surface area (Å²) in [5.41, 5.74) is 3.75. The lowest BCUT2D eigenvalue weighted by atomic mass is 9.66. The van der Waals surface area contributed by atoms with E-state index in [1.807, 2.05) is 17.9 Å². The van der Waals surface area contributed by atoms with Crippen LogP contribution in [0, 0.1) is 6.92 Å². The first-order valence-electron chi connectivity index (χ1n) is 9.85. The zero-order valence-electron chi connectivity index (χ0n) is 15.4. The first-order valence-corrected chi connectivity index (χ1v) is 9.85. The number of para-hydroxylation sites is 1. The van der Waals surface area contributed by atoms with Gasteiger partial charge in [-0.1, -0.05) is 24.6 Å². The number of imidazole rings is 1. The Morgan fingerprint density at radius 1 is 1.31 bits per heavy atom. The Labute approximate surface area is 154 Å². The zero-order valence-corrected chi connectivity index (χ0v) is 15.4. The molecule has 26 heavy (non-hydrogen) atoms. The SMILES string of the molecule is Cc1cn2c(n1)C(CNC(=O)N1CC3(CCC3)c3ccccc31)CCC2. The number of nitrogens with zero attached hydrogens (tertiary/aromatic N) is 3. The van der Waals surface area contributed by atoms with E-state index >= 15 is 0 Å². The van der Waals surface area contributed by atoms with Crippen LogP contribution in [0.15, 0.2) is 30.5 Å². The van der Waals surface area contributed by atoms with Crippen molar-refractivity contribution < 1.29 is 4.79 Å². The second kappa shape index (κ2) is 5.86. The third kappa shape index (κ3) is 2.37. The molecular weight excluding hydrogens is 324 g/mol. The molecule has 0 saturated heterocycles. The standard InChI is InChI=1S/C21H26N4O/c1-15-13-24-11-4-6-16(19(24)23-15)12-22-20(26)25-14-21(9-5-10-21)17-7-2-3-8-18(17)25/h2-3,7-8,13,16H,4-6,9-12,14H2,1H3,(H,22,26). The van der Waals surface area contributed by atoms with Gasteiger partial charge in [-0.15, -0.1) is 0 Å². The smallest absolute Gasteiger partial charge is 0.321 e. The van der Waals surface area contributed by atoms with Gasteiger partial charge in [-0.05, 0) is 44.2 Å². The van der Waals surface area contributed by atoms with Crippen LogP contribution in [0.1, 0.15) is 55.1 Å². The molecule has 1 spiro atoms. The van der Waals surface area contributed by atoms with E-state index in [0.29, 0.717) is 12.5 Å². The molecule has 5 nitrogen and oxygen atoms in total. The molecule has 1 aromatic carbocycles. The number of hydrogen-bond donors (Lipinski definition) is 1. The molecule has 1 atom stereocenters. The van der Waals surface area contributed by atoms with Crippen LogP contribution >= 0.6 is 0 Å². The Hall–Kier alpha value is -2.30. The molecule has 0 bridgehead atoms. The minimum Gasteiger partial charge on any atom is -0.337 e. The molecule has 1 aliphatic carbocycles. The summed E-state index contributed by atoms with van der Waals surface area (Å²) in [6.07, 6.45) is 8.05. The molecule has 2 aromatic rings. The van der Waals surface area contributed by atoms with Gasteiger partial charge in [-0.2, -0.15) is 0 Å². The Balaban J connectivity index is 1.31. The summed E-state index contributed by atoms with van der Waals surface area (Å²) in [4.78, 5) is 19.6. The summed E-state index contributed by atoms with van der Waals surface area (Å²) in [5.74, 6) is 1.45. The van der Waals surface area contributed by atoms with Crippen LogP contribution in [-0.2, 0) is 12.0 Å². The molecule has 5 heteroatoms. The first-order chi connectivity index (χ1) is 12.7. The lowest BCUT2D eigenvalue weighted by Gasteiger charge is -2.39. The second-order valence-electron chi connectivity index (χ2n) is 8.20. The molecule has 1 N–H and O–H groups in total. The Morgan fingerprint density at radius 2 is 2.15 bits per heavy atom. The highest BCUT2D eigenvalue weighted by Crippen LogP contribution is 2.52. The van der Waals surface area contributed by atoms with Gasteiger partial charge in [0.25, 0.3) is 0 Å². The second-order valence-corrected chi connectivity index (χ2v) is 8.20. The van der Waals surface area contributed by atoms with Crippen molar-refractivity contribution in [2.24, 2.45) is 0 Å². The molecule has 0 radical (unpaired) electrons. The molecule has 2 aliphatic heterocycles. The summed E-state index contributed by atoms with van der Waals surface area (Å²) in [6, 6.07) is 8.49. The molecule has 1 aromatic heterocycles. The highest BCUT2D eigenvalue weighted by atomic mass is 16.2. The van der Waals surface area contributed by atoms with Crippen LogP contribution in [0.3, 0.4) is 0 Å². The van der Waals surface area contributed by atoms with Gasteiger partial charge in [0, 0.05) is 42.9 Å². The number of amides is 2. The van der Waals surface area contributed by atoms with E-state index < -0.39 is 0 Å². The third-order valence-electron chi connectivity index (χ3n) is 6.53. The number of urea groups is 1. The maximum atomic E-state index is 13.0. The number of hydrogen-bond acceptors (Lipinski definition) is 2. The van der Waals surface area contributed by atoms with E-state index in [1.165, 1.54) is 24.8 Å². The Kier molecular flexibility index (Phi) is 3.59. The van der Waals surface area contributed by atoms with E-state index in [0.717, 1.165) is 43.1 Å². The molecule has 3 heterocycles. The highest BCUT2D eigenvalue weighted by Gasteiger charge is 2.48. The Morgan fingerprint density at radius 3 is 2.96 bits per heavy atom. The highest BCUT2D eigenvalue weighted by molar-refractivity contribution is 5.95. The summed E-state index contributed by atoms with van der Waals surface area (Å²) < 4.78 is 2.25. The lowest BCUT2D eigenvalue weighted by molar-refractivity contribution is 0.235. The predicted octanol–water partition coefficient (Wildman–Crippen LogP) is 3.72. The van der Waals surface area contributed by atoms with Gasteiger partial charge in [-0.3, -0.25) is 4.90 Å². The zero-order chi connectivity index (χ0) is 17.7. The van der Waals surface area contributed by atoms with Gasteiger partial charge < -0.3 is 9.88 Å². The van der Waals surface area contributed by atoms with Gasteiger partial charge in [0.15, 0.2) is 0 Å². The summed E-state index contributed by atoms with van der Waals surface area (Å²) in [6.45, 7) is 4.58. The number of benzene rings is 1. The maximum Gasteiger partial charge on any atom is 0.321 e. The summed E-state index contributed by atoms with van der Waals surface area (Å²) in [5, 5.41) is 3.20. The minimum absolute atomic E-state index is 0.0432. The van der Waals surface area contributed by atoms with E-state index in [9.17, 15) is 4.79 Å². The molecule has 2 amide bonds. The number of rotatable bonds is 2. The van der Waals surface area contributed by atoms with Gasteiger partial charge in [-0.25, -0.2) is 9.78 Å². The molecule has 1 saturated carbocycles. The molecule has 136 valence electrons. The maximum absolute atomic E-state index is 13.0. The van der Waals surface area contributed by atoms with E-state index in [-0.39, 0.29) is 11.4 Å². The van der Waals surface area contributed by atoms with Crippen LogP contribution in [0.4, 0.5) is 10.5 Å². The van der Waals surface area contributed by atoms with E-state index in [4.69, 9.17) is 0 Å². The normalized spacial score (nSPS) is 22.7. The van der Waals surface area contributed by atoms with Crippen LogP contribution < -0.4 is 10.2 Å². The van der Waals surface area contributed by atoms with E-state index in [2.05, 4.69) is 39.3 Å². The number of aryl methyl sites for hydroxylation is 2. The van der Waals surface area contributed by atoms with Gasteiger partial charge in [0.2, 0.25) is 0 Å². The van der Waals surface area contributed by atoms with Crippen molar-refractivity contribution >= 4 is 11.7 Å². The van der Waals surface area contributed by atoms with Crippen LogP contribution in [-0.4, -0.2) is 28.7 Å². The van der Waals surface area contributed by atoms with Crippen LogP contribution in [0.25, 0.3) is 0 Å². The van der Waals surface area contributed by atoms with Gasteiger partial charge >= 0.3 is 6.03 Å². The minimum atomic E-state index is 0.0432. The van der Waals surface area contributed by atoms with Crippen LogP contribution in [0.2, 0.25) is 0 Å². The van der Waals surface area contributed by atoms with Gasteiger partial charge in [0.05, 0.1) is 5.69 Å². The van der Waals surface area contributed by atoms with E-state index in [1.54, 1.807) is 0 Å². The fraction of sp³-hybridized carbons (Fsp3) is 0.524. The molecule has 3 aliphatic rings. The molecule has 1 fully saturated rings. The van der Waals surface area contributed by atoms with Crippen molar-refractivity contribution in [1.82, 2.24) is 14.9 Å².